The molecule has 3 N–H and O–H groups in total. The molecular formula is C13H21N3O2. The molecule has 1 amide bonds. The Morgan fingerprint density at radius 3 is 2.72 bits per heavy atom. The maximum absolute atomic E-state index is 11.9. The summed E-state index contributed by atoms with van der Waals surface area (Å²) in [7, 11) is 0. The predicted octanol–water partition coefficient (Wildman–Crippen LogP) is 1.60. The maximum Gasteiger partial charge on any atom is 0.222 e. The number of carbonyl (C=O) groups is 1. The summed E-state index contributed by atoms with van der Waals surface area (Å²) < 4.78 is 5.10. The minimum atomic E-state index is -0.0878. The number of hydrogen-bond acceptors (Lipinski definition) is 4. The van der Waals surface area contributed by atoms with Gasteiger partial charge in [-0.3, -0.25) is 4.79 Å². The molecule has 0 aromatic carbocycles. The van der Waals surface area contributed by atoms with Crippen molar-refractivity contribution < 1.29 is 9.32 Å². The van der Waals surface area contributed by atoms with Gasteiger partial charge in [-0.25, -0.2) is 0 Å². The van der Waals surface area contributed by atoms with E-state index >= 15 is 0 Å². The molecule has 2 rings (SSSR count). The number of hydrogen-bond donors (Lipinski definition) is 2. The van der Waals surface area contributed by atoms with Crippen LogP contribution < -0.4 is 11.1 Å². The van der Waals surface area contributed by atoms with Gasteiger partial charge < -0.3 is 15.6 Å². The third-order valence-corrected chi connectivity index (χ3v) is 3.55. The van der Waals surface area contributed by atoms with Gasteiger partial charge in [-0.2, -0.15) is 0 Å². The van der Waals surface area contributed by atoms with Gasteiger partial charge in [-0.15, -0.1) is 0 Å². The van der Waals surface area contributed by atoms with E-state index in [1.807, 2.05) is 20.8 Å². The summed E-state index contributed by atoms with van der Waals surface area (Å²) in [6.07, 6.45) is 2.72. The first-order chi connectivity index (χ1) is 8.49. The Morgan fingerprint density at radius 2 is 2.22 bits per heavy atom. The molecule has 1 fully saturated rings. The number of nitrogens with zero attached hydrogens (tertiary/aromatic N) is 1. The van der Waals surface area contributed by atoms with E-state index in [2.05, 4.69) is 10.5 Å². The standard InChI is InChI=1S/C13H21N3O2/c1-7(13-8(2)16-18-9(13)3)15-12(17)6-11(14)10-4-5-10/h7,10-11H,4-6,14H2,1-3H3,(H,15,17). The summed E-state index contributed by atoms with van der Waals surface area (Å²) in [5.41, 5.74) is 7.73. The fourth-order valence-corrected chi connectivity index (χ4v) is 2.39. The first-order valence-electron chi connectivity index (χ1n) is 6.46. The number of amides is 1. The van der Waals surface area contributed by atoms with Gasteiger partial charge in [0.1, 0.15) is 5.76 Å². The molecule has 18 heavy (non-hydrogen) atoms. The fraction of sp³-hybridized carbons (Fsp3) is 0.692. The van der Waals surface area contributed by atoms with Crippen molar-refractivity contribution in [3.05, 3.63) is 17.0 Å². The molecule has 1 heterocycles. The van der Waals surface area contributed by atoms with Crippen LogP contribution in [0.5, 0.6) is 0 Å². The van der Waals surface area contributed by atoms with E-state index in [0.717, 1.165) is 29.9 Å². The molecule has 1 aromatic heterocycles. The van der Waals surface area contributed by atoms with Crippen molar-refractivity contribution in [1.82, 2.24) is 10.5 Å². The zero-order chi connectivity index (χ0) is 13.3. The largest absolute Gasteiger partial charge is 0.361 e. The second kappa shape index (κ2) is 5.10. The van der Waals surface area contributed by atoms with E-state index in [4.69, 9.17) is 10.3 Å². The van der Waals surface area contributed by atoms with Crippen molar-refractivity contribution in [2.24, 2.45) is 11.7 Å². The molecule has 100 valence electrons. The Kier molecular flexibility index (Phi) is 3.71. The van der Waals surface area contributed by atoms with Crippen LogP contribution in [-0.4, -0.2) is 17.1 Å². The minimum absolute atomic E-state index is 0.00173. The fourth-order valence-electron chi connectivity index (χ4n) is 2.39. The average molecular weight is 251 g/mol. The van der Waals surface area contributed by atoms with E-state index in [-0.39, 0.29) is 18.0 Å². The predicted molar refractivity (Wildman–Crippen MR) is 67.9 cm³/mol. The molecule has 1 aliphatic carbocycles. The molecule has 1 aromatic rings. The van der Waals surface area contributed by atoms with Gasteiger partial charge in [0.15, 0.2) is 0 Å². The van der Waals surface area contributed by atoms with Crippen molar-refractivity contribution in [1.29, 1.82) is 0 Å². The second-order valence-electron chi connectivity index (χ2n) is 5.23. The summed E-state index contributed by atoms with van der Waals surface area (Å²) in [6.45, 7) is 5.67. The monoisotopic (exact) mass is 251 g/mol. The van der Waals surface area contributed by atoms with E-state index < -0.39 is 0 Å². The highest BCUT2D eigenvalue weighted by Gasteiger charge is 2.30. The zero-order valence-corrected chi connectivity index (χ0v) is 11.2. The quantitative estimate of drug-likeness (QED) is 0.832. The Morgan fingerprint density at radius 1 is 1.56 bits per heavy atom. The van der Waals surface area contributed by atoms with Gasteiger partial charge >= 0.3 is 0 Å². The van der Waals surface area contributed by atoms with Gasteiger partial charge in [0.05, 0.1) is 11.7 Å². The van der Waals surface area contributed by atoms with Gasteiger partial charge in [-0.1, -0.05) is 5.16 Å². The second-order valence-corrected chi connectivity index (χ2v) is 5.23. The SMILES string of the molecule is Cc1noc(C)c1C(C)NC(=O)CC(N)C1CC1. The molecule has 0 aliphatic heterocycles. The molecule has 0 saturated heterocycles. The lowest BCUT2D eigenvalue weighted by Gasteiger charge is -2.16. The van der Waals surface area contributed by atoms with Crippen LogP contribution in [0.3, 0.4) is 0 Å². The number of aromatic nitrogens is 1. The third kappa shape index (κ3) is 2.90. The van der Waals surface area contributed by atoms with Crippen molar-refractivity contribution in [2.45, 2.75) is 52.1 Å². The minimum Gasteiger partial charge on any atom is -0.361 e. The summed E-state index contributed by atoms with van der Waals surface area (Å²) in [5, 5.41) is 6.85. The topological polar surface area (TPSA) is 81.2 Å². The molecular weight excluding hydrogens is 230 g/mol. The van der Waals surface area contributed by atoms with Crippen LogP contribution in [0.15, 0.2) is 4.52 Å². The Labute approximate surface area is 107 Å². The summed E-state index contributed by atoms with van der Waals surface area (Å²) in [6, 6.07) is -0.0861. The van der Waals surface area contributed by atoms with Crippen LogP contribution in [0.2, 0.25) is 0 Å². The number of carbonyl (C=O) groups excluding carboxylic acids is 1. The highest BCUT2D eigenvalue weighted by molar-refractivity contribution is 5.77. The van der Waals surface area contributed by atoms with E-state index in [1.54, 1.807) is 0 Å². The smallest absolute Gasteiger partial charge is 0.222 e. The first kappa shape index (κ1) is 13.1. The third-order valence-electron chi connectivity index (χ3n) is 3.55. The van der Waals surface area contributed by atoms with Crippen LogP contribution in [0.4, 0.5) is 0 Å². The van der Waals surface area contributed by atoms with Crippen LogP contribution in [0, 0.1) is 19.8 Å². The molecule has 0 spiro atoms. The Balaban J connectivity index is 1.90. The number of aryl methyl sites for hydroxylation is 2. The highest BCUT2D eigenvalue weighted by atomic mass is 16.5. The Bertz CT molecular complexity index is 418. The molecule has 1 aliphatic rings. The number of nitrogens with two attached hydrogens (primary N) is 1. The van der Waals surface area contributed by atoms with Crippen molar-refractivity contribution in [3.63, 3.8) is 0 Å². The maximum atomic E-state index is 11.9. The molecule has 1 saturated carbocycles. The summed E-state index contributed by atoms with van der Waals surface area (Å²) in [5.74, 6) is 1.30. The Hall–Kier alpha value is -1.36. The van der Waals surface area contributed by atoms with E-state index in [0.29, 0.717) is 12.3 Å². The van der Waals surface area contributed by atoms with Crippen molar-refractivity contribution >= 4 is 5.91 Å². The van der Waals surface area contributed by atoms with Gasteiger partial charge in [0, 0.05) is 18.0 Å². The van der Waals surface area contributed by atoms with Crippen LogP contribution in [-0.2, 0) is 4.79 Å². The summed E-state index contributed by atoms with van der Waals surface area (Å²) in [4.78, 5) is 11.9. The average Bonchev–Trinajstić information content (AvgIpc) is 3.05. The van der Waals surface area contributed by atoms with E-state index in [9.17, 15) is 4.79 Å². The molecule has 2 unspecified atom stereocenters. The van der Waals surface area contributed by atoms with Crippen LogP contribution in [0.1, 0.15) is 49.2 Å². The highest BCUT2D eigenvalue weighted by Crippen LogP contribution is 2.32. The van der Waals surface area contributed by atoms with Crippen molar-refractivity contribution in [2.75, 3.05) is 0 Å². The molecule has 5 heteroatoms. The zero-order valence-electron chi connectivity index (χ0n) is 11.2. The van der Waals surface area contributed by atoms with E-state index in [1.165, 1.54) is 0 Å². The van der Waals surface area contributed by atoms with Crippen molar-refractivity contribution in [3.8, 4) is 0 Å². The van der Waals surface area contributed by atoms with Crippen LogP contribution in [0.25, 0.3) is 0 Å². The lowest BCUT2D eigenvalue weighted by molar-refractivity contribution is -0.122. The molecule has 0 bridgehead atoms. The summed E-state index contributed by atoms with van der Waals surface area (Å²) >= 11 is 0. The first-order valence-corrected chi connectivity index (χ1v) is 6.46. The normalized spacial score (nSPS) is 18.4. The van der Waals surface area contributed by atoms with Gasteiger partial charge in [0.25, 0.3) is 0 Å². The number of nitrogens with one attached hydrogen (secondary N) is 1. The lowest BCUT2D eigenvalue weighted by Crippen LogP contribution is -2.34. The molecule has 0 radical (unpaired) electrons. The molecule has 2 atom stereocenters. The number of rotatable bonds is 5. The van der Waals surface area contributed by atoms with Crippen LogP contribution >= 0.6 is 0 Å². The van der Waals surface area contributed by atoms with Gasteiger partial charge in [-0.05, 0) is 39.5 Å². The van der Waals surface area contributed by atoms with Gasteiger partial charge in [0.2, 0.25) is 5.91 Å². The molecule has 5 nitrogen and oxygen atoms in total. The lowest BCUT2D eigenvalue weighted by atomic mass is 10.1.